The number of hydrogen-bond donors (Lipinski definition) is 1. The number of imide groups is 1. The molecule has 1 saturated heterocycles. The van der Waals surface area contributed by atoms with Crippen molar-refractivity contribution in [2.45, 2.75) is 32.7 Å². The molecular weight excluding hydrogens is 180 g/mol. The molecule has 1 N–H and O–H groups in total. The first kappa shape index (κ1) is 9.49. The van der Waals surface area contributed by atoms with E-state index in [1.54, 1.807) is 0 Å². The second-order valence-electron chi connectivity index (χ2n) is 4.32. The molecule has 2 aliphatic rings. The summed E-state index contributed by atoms with van der Waals surface area (Å²) in [5.74, 6) is 0.451. The van der Waals surface area contributed by atoms with Gasteiger partial charge in [0.25, 0.3) is 0 Å². The molecule has 4 nitrogen and oxygen atoms in total. The third kappa shape index (κ3) is 1.49. The second kappa shape index (κ2) is 3.26. The van der Waals surface area contributed by atoms with E-state index in [0.29, 0.717) is 18.5 Å². The monoisotopic (exact) mass is 196 g/mol. The molecule has 1 aliphatic carbocycles. The molecule has 0 bridgehead atoms. The van der Waals surface area contributed by atoms with E-state index in [9.17, 15) is 9.59 Å². The Kier molecular flexibility index (Phi) is 2.21. The lowest BCUT2D eigenvalue weighted by molar-refractivity contribution is -0.125. The van der Waals surface area contributed by atoms with Crippen LogP contribution in [0.1, 0.15) is 26.7 Å². The van der Waals surface area contributed by atoms with Crippen molar-refractivity contribution in [1.82, 2.24) is 10.2 Å². The molecule has 0 aromatic rings. The zero-order valence-electron chi connectivity index (χ0n) is 8.62. The van der Waals surface area contributed by atoms with Gasteiger partial charge < -0.3 is 4.90 Å². The van der Waals surface area contributed by atoms with E-state index in [1.165, 1.54) is 0 Å². The minimum Gasteiger partial charge on any atom is -0.320 e. The average molecular weight is 196 g/mol. The van der Waals surface area contributed by atoms with Crippen molar-refractivity contribution >= 4 is 11.9 Å². The van der Waals surface area contributed by atoms with E-state index in [1.807, 2.05) is 11.8 Å². The van der Waals surface area contributed by atoms with E-state index >= 15 is 0 Å². The van der Waals surface area contributed by atoms with Crippen LogP contribution in [0.15, 0.2) is 0 Å². The zero-order chi connectivity index (χ0) is 10.3. The molecule has 14 heavy (non-hydrogen) atoms. The van der Waals surface area contributed by atoms with Gasteiger partial charge >= 0.3 is 6.03 Å². The van der Waals surface area contributed by atoms with Gasteiger partial charge in [0.2, 0.25) is 5.91 Å². The van der Waals surface area contributed by atoms with Gasteiger partial charge in [-0.05, 0) is 12.3 Å². The summed E-state index contributed by atoms with van der Waals surface area (Å²) in [5, 5.41) is 2.39. The van der Waals surface area contributed by atoms with Crippen LogP contribution in [0, 0.1) is 11.8 Å². The fourth-order valence-corrected chi connectivity index (χ4v) is 2.10. The number of rotatable bonds is 2. The molecule has 4 heteroatoms. The molecule has 0 radical (unpaired) electrons. The summed E-state index contributed by atoms with van der Waals surface area (Å²) >= 11 is 0. The maximum Gasteiger partial charge on any atom is 0.324 e. The highest BCUT2D eigenvalue weighted by Gasteiger charge is 2.45. The summed E-state index contributed by atoms with van der Waals surface area (Å²) in [5.41, 5.74) is 0. The first-order chi connectivity index (χ1) is 6.63. The number of urea groups is 1. The fraction of sp³-hybridized carbons (Fsp3) is 0.800. The quantitative estimate of drug-likeness (QED) is 0.715. The first-order valence-corrected chi connectivity index (χ1v) is 5.25. The summed E-state index contributed by atoms with van der Waals surface area (Å²) in [6.45, 7) is 4.59. The highest BCUT2D eigenvalue weighted by atomic mass is 16.2. The Morgan fingerprint density at radius 1 is 1.50 bits per heavy atom. The summed E-state index contributed by atoms with van der Waals surface area (Å²) in [4.78, 5) is 24.5. The Morgan fingerprint density at radius 2 is 2.21 bits per heavy atom. The van der Waals surface area contributed by atoms with Gasteiger partial charge in [-0.3, -0.25) is 10.1 Å². The Balaban J connectivity index is 1.99. The molecule has 2 fully saturated rings. The van der Waals surface area contributed by atoms with Crippen molar-refractivity contribution < 1.29 is 9.59 Å². The lowest BCUT2D eigenvalue weighted by atomic mass is 10.1. The van der Waals surface area contributed by atoms with Crippen molar-refractivity contribution in [3.05, 3.63) is 0 Å². The van der Waals surface area contributed by atoms with Gasteiger partial charge in [-0.2, -0.15) is 0 Å². The van der Waals surface area contributed by atoms with E-state index in [4.69, 9.17) is 0 Å². The van der Waals surface area contributed by atoms with Crippen LogP contribution in [0.25, 0.3) is 0 Å². The van der Waals surface area contributed by atoms with Crippen LogP contribution < -0.4 is 5.32 Å². The smallest absolute Gasteiger partial charge is 0.320 e. The summed E-state index contributed by atoms with van der Waals surface area (Å²) in [6, 6.07) is 0.185. The molecule has 2 rings (SSSR count). The molecule has 1 saturated carbocycles. The van der Waals surface area contributed by atoms with Crippen LogP contribution in [0.3, 0.4) is 0 Å². The molecule has 0 aromatic carbocycles. The fourth-order valence-electron chi connectivity index (χ4n) is 2.10. The molecular formula is C10H16N2O2. The minimum atomic E-state index is -0.200. The average Bonchev–Trinajstić information content (AvgIpc) is 2.90. The van der Waals surface area contributed by atoms with Crippen LogP contribution in [0.5, 0.6) is 0 Å². The summed E-state index contributed by atoms with van der Waals surface area (Å²) in [7, 11) is 0. The van der Waals surface area contributed by atoms with Crippen molar-refractivity contribution in [3.8, 4) is 0 Å². The second-order valence-corrected chi connectivity index (χ2v) is 4.32. The molecule has 3 amide bonds. The van der Waals surface area contributed by atoms with Gasteiger partial charge in [-0.25, -0.2) is 4.79 Å². The number of nitrogens with one attached hydrogen (secondary N) is 1. The molecule has 1 aliphatic heterocycles. The van der Waals surface area contributed by atoms with E-state index in [0.717, 1.165) is 12.8 Å². The van der Waals surface area contributed by atoms with Crippen molar-refractivity contribution in [1.29, 1.82) is 0 Å². The number of nitrogens with zero attached hydrogens (tertiary/aromatic N) is 1. The first-order valence-electron chi connectivity index (χ1n) is 5.25. The molecule has 0 spiro atoms. The lowest BCUT2D eigenvalue weighted by Crippen LogP contribution is -2.54. The van der Waals surface area contributed by atoms with Crippen LogP contribution >= 0.6 is 0 Å². The maximum absolute atomic E-state index is 11.5. The van der Waals surface area contributed by atoms with E-state index < -0.39 is 0 Å². The van der Waals surface area contributed by atoms with Gasteiger partial charge in [0.05, 0.1) is 5.92 Å². The van der Waals surface area contributed by atoms with Gasteiger partial charge in [0.1, 0.15) is 0 Å². The zero-order valence-corrected chi connectivity index (χ0v) is 8.62. The normalized spacial score (nSPS) is 37.0. The lowest BCUT2D eigenvalue weighted by Gasteiger charge is -2.30. The van der Waals surface area contributed by atoms with Crippen LogP contribution in [0.2, 0.25) is 0 Å². The van der Waals surface area contributed by atoms with E-state index in [-0.39, 0.29) is 17.9 Å². The van der Waals surface area contributed by atoms with Gasteiger partial charge in [0, 0.05) is 12.6 Å². The Morgan fingerprint density at radius 3 is 2.79 bits per heavy atom. The topological polar surface area (TPSA) is 49.4 Å². The predicted octanol–water partition coefficient (Wildman–Crippen LogP) is 0.973. The van der Waals surface area contributed by atoms with E-state index in [2.05, 4.69) is 12.2 Å². The molecule has 1 heterocycles. The third-order valence-electron chi connectivity index (χ3n) is 3.22. The molecule has 0 aromatic heterocycles. The summed E-state index contributed by atoms with van der Waals surface area (Å²) in [6.07, 6.45) is 2.22. The highest BCUT2D eigenvalue weighted by Crippen LogP contribution is 2.39. The number of carbonyl (C=O) groups excluding carboxylic acids is 2. The van der Waals surface area contributed by atoms with Crippen molar-refractivity contribution in [3.63, 3.8) is 0 Å². The molecule has 3 unspecified atom stereocenters. The Hall–Kier alpha value is -1.06. The van der Waals surface area contributed by atoms with Crippen molar-refractivity contribution in [2.24, 2.45) is 11.8 Å². The van der Waals surface area contributed by atoms with Crippen LogP contribution in [-0.2, 0) is 4.79 Å². The van der Waals surface area contributed by atoms with Gasteiger partial charge in [-0.15, -0.1) is 0 Å². The predicted molar refractivity (Wildman–Crippen MR) is 51.6 cm³/mol. The number of carbonyl (C=O) groups is 2. The summed E-state index contributed by atoms with van der Waals surface area (Å²) < 4.78 is 0. The Bertz CT molecular complexity index is 277. The standard InChI is InChI=1S/C10H16N2O2/c1-3-7-4-8(7)12-5-6(2)9(13)11-10(12)14/h6-8H,3-5H2,1-2H3,(H,11,13,14). The maximum atomic E-state index is 11.5. The minimum absolute atomic E-state index is 0.0641. The van der Waals surface area contributed by atoms with Gasteiger partial charge in [-0.1, -0.05) is 20.3 Å². The third-order valence-corrected chi connectivity index (χ3v) is 3.22. The van der Waals surface area contributed by atoms with Crippen LogP contribution in [0.4, 0.5) is 4.79 Å². The molecule has 78 valence electrons. The van der Waals surface area contributed by atoms with Gasteiger partial charge in [0.15, 0.2) is 0 Å². The highest BCUT2D eigenvalue weighted by molar-refractivity contribution is 5.98. The largest absolute Gasteiger partial charge is 0.324 e. The SMILES string of the molecule is CCC1CC1N1CC(C)C(=O)NC1=O. The number of amides is 3. The van der Waals surface area contributed by atoms with Crippen LogP contribution in [-0.4, -0.2) is 29.4 Å². The number of hydrogen-bond acceptors (Lipinski definition) is 2. The molecule has 3 atom stereocenters. The van der Waals surface area contributed by atoms with Crippen molar-refractivity contribution in [2.75, 3.05) is 6.54 Å². The Labute approximate surface area is 83.6 Å².